The first-order valence-corrected chi connectivity index (χ1v) is 6.66. The Kier molecular flexibility index (Phi) is 4.02. The van der Waals surface area contributed by atoms with Gasteiger partial charge < -0.3 is 5.73 Å². The molecule has 2 N–H and O–H groups in total. The van der Waals surface area contributed by atoms with Crippen LogP contribution in [0.2, 0.25) is 0 Å². The summed E-state index contributed by atoms with van der Waals surface area (Å²) in [5.41, 5.74) is 8.77. The number of aryl methyl sites for hydroxylation is 2. The second-order valence-electron chi connectivity index (χ2n) is 4.60. The Bertz CT molecular complexity index is 603. The molecule has 0 aromatic heterocycles. The highest BCUT2D eigenvalue weighted by molar-refractivity contribution is 9.10. The van der Waals surface area contributed by atoms with Gasteiger partial charge in [0.05, 0.1) is 6.04 Å². The molecule has 0 aliphatic carbocycles. The van der Waals surface area contributed by atoms with E-state index in [-0.39, 0.29) is 11.6 Å². The molecule has 0 aliphatic rings. The zero-order chi connectivity index (χ0) is 14.2. The molecule has 4 heteroatoms. The summed E-state index contributed by atoms with van der Waals surface area (Å²) in [5, 5.41) is 0. The van der Waals surface area contributed by atoms with Gasteiger partial charge in [-0.15, -0.1) is 0 Å². The Labute approximate surface area is 119 Å². The Balaban J connectivity index is 2.53. The van der Waals surface area contributed by atoms with E-state index < -0.39 is 6.04 Å². The average molecular weight is 326 g/mol. The van der Waals surface area contributed by atoms with Crippen LogP contribution in [-0.4, -0.2) is 0 Å². The number of benzene rings is 2. The van der Waals surface area contributed by atoms with E-state index in [1.807, 2.05) is 0 Å². The van der Waals surface area contributed by atoms with Gasteiger partial charge >= 0.3 is 0 Å². The van der Waals surface area contributed by atoms with Crippen LogP contribution in [-0.2, 0) is 0 Å². The van der Waals surface area contributed by atoms with Crippen molar-refractivity contribution < 1.29 is 8.78 Å². The molecule has 0 bridgehead atoms. The standard InChI is InChI=1S/C15H14BrF2N/c1-8-5-11(17)6-9(2)14(8)15(19)12-4-3-10(16)7-13(12)18/h3-7,15H,19H2,1-2H3. The minimum absolute atomic E-state index is 0.303. The summed E-state index contributed by atoms with van der Waals surface area (Å²) in [7, 11) is 0. The van der Waals surface area contributed by atoms with Crippen molar-refractivity contribution in [1.82, 2.24) is 0 Å². The van der Waals surface area contributed by atoms with E-state index in [9.17, 15) is 8.78 Å². The first kappa shape index (κ1) is 14.2. The number of halogens is 3. The van der Waals surface area contributed by atoms with Gasteiger partial charge in [0.1, 0.15) is 11.6 Å². The summed E-state index contributed by atoms with van der Waals surface area (Å²) in [6.07, 6.45) is 0. The fraction of sp³-hybridized carbons (Fsp3) is 0.200. The van der Waals surface area contributed by atoms with Gasteiger partial charge in [0, 0.05) is 10.0 Å². The summed E-state index contributed by atoms with van der Waals surface area (Å²) >= 11 is 3.21. The Morgan fingerprint density at radius 3 is 2.16 bits per heavy atom. The molecule has 1 unspecified atom stereocenters. The molecule has 0 saturated heterocycles. The topological polar surface area (TPSA) is 26.0 Å². The lowest BCUT2D eigenvalue weighted by molar-refractivity contribution is 0.596. The molecule has 19 heavy (non-hydrogen) atoms. The number of nitrogens with two attached hydrogens (primary N) is 1. The van der Waals surface area contributed by atoms with Crippen molar-refractivity contribution in [2.24, 2.45) is 5.73 Å². The summed E-state index contributed by atoms with van der Waals surface area (Å²) in [6.45, 7) is 3.56. The van der Waals surface area contributed by atoms with Crippen LogP contribution in [0.3, 0.4) is 0 Å². The Morgan fingerprint density at radius 2 is 1.63 bits per heavy atom. The van der Waals surface area contributed by atoms with Gasteiger partial charge in [-0.2, -0.15) is 0 Å². The first-order valence-electron chi connectivity index (χ1n) is 5.87. The van der Waals surface area contributed by atoms with Crippen LogP contribution in [0.25, 0.3) is 0 Å². The zero-order valence-corrected chi connectivity index (χ0v) is 12.3. The second kappa shape index (κ2) is 5.39. The van der Waals surface area contributed by atoms with E-state index in [4.69, 9.17) is 5.73 Å². The third kappa shape index (κ3) is 2.85. The lowest BCUT2D eigenvalue weighted by Crippen LogP contribution is -2.16. The lowest BCUT2D eigenvalue weighted by Gasteiger charge is -2.19. The molecule has 0 spiro atoms. The summed E-state index contributed by atoms with van der Waals surface area (Å²) < 4.78 is 27.9. The molecular weight excluding hydrogens is 312 g/mol. The number of hydrogen-bond acceptors (Lipinski definition) is 1. The van der Waals surface area contributed by atoms with Gasteiger partial charge in [-0.3, -0.25) is 0 Å². The van der Waals surface area contributed by atoms with Crippen molar-refractivity contribution in [1.29, 1.82) is 0 Å². The predicted molar refractivity (Wildman–Crippen MR) is 76.0 cm³/mol. The van der Waals surface area contributed by atoms with Crippen molar-refractivity contribution >= 4 is 15.9 Å². The molecule has 2 aromatic carbocycles. The van der Waals surface area contributed by atoms with Crippen molar-refractivity contribution in [2.45, 2.75) is 19.9 Å². The maximum Gasteiger partial charge on any atom is 0.129 e. The summed E-state index contributed by atoms with van der Waals surface area (Å²) in [6, 6.07) is 6.99. The molecular formula is C15H14BrF2N. The van der Waals surface area contributed by atoms with Crippen LogP contribution < -0.4 is 5.73 Å². The second-order valence-corrected chi connectivity index (χ2v) is 5.51. The molecule has 0 heterocycles. The molecule has 2 aromatic rings. The molecule has 0 radical (unpaired) electrons. The zero-order valence-electron chi connectivity index (χ0n) is 10.7. The van der Waals surface area contributed by atoms with Crippen molar-refractivity contribution in [3.05, 3.63) is 68.7 Å². The van der Waals surface area contributed by atoms with E-state index in [2.05, 4.69) is 15.9 Å². The molecule has 1 nitrogen and oxygen atoms in total. The van der Waals surface area contributed by atoms with Crippen LogP contribution >= 0.6 is 15.9 Å². The molecule has 0 saturated carbocycles. The maximum absolute atomic E-state index is 13.9. The fourth-order valence-electron chi connectivity index (χ4n) is 2.32. The predicted octanol–water partition coefficient (Wildman–Crippen LogP) is 4.39. The maximum atomic E-state index is 13.9. The Morgan fingerprint density at radius 1 is 1.05 bits per heavy atom. The average Bonchev–Trinajstić information content (AvgIpc) is 2.26. The van der Waals surface area contributed by atoms with Gasteiger partial charge in [0.25, 0.3) is 0 Å². The summed E-state index contributed by atoms with van der Waals surface area (Å²) in [5.74, 6) is -0.674. The number of hydrogen-bond donors (Lipinski definition) is 1. The highest BCUT2D eigenvalue weighted by Crippen LogP contribution is 2.29. The summed E-state index contributed by atoms with van der Waals surface area (Å²) in [4.78, 5) is 0. The van der Waals surface area contributed by atoms with Crippen LogP contribution in [0.15, 0.2) is 34.8 Å². The first-order chi connectivity index (χ1) is 8.90. The highest BCUT2D eigenvalue weighted by atomic mass is 79.9. The van der Waals surface area contributed by atoms with E-state index in [1.165, 1.54) is 18.2 Å². The monoisotopic (exact) mass is 325 g/mol. The van der Waals surface area contributed by atoms with E-state index in [0.717, 1.165) is 16.7 Å². The van der Waals surface area contributed by atoms with E-state index >= 15 is 0 Å². The molecule has 0 amide bonds. The minimum atomic E-state index is -0.603. The van der Waals surface area contributed by atoms with Gasteiger partial charge in [-0.1, -0.05) is 22.0 Å². The van der Waals surface area contributed by atoms with Crippen LogP contribution in [0.5, 0.6) is 0 Å². The molecule has 1 atom stereocenters. The molecule has 100 valence electrons. The quantitative estimate of drug-likeness (QED) is 0.870. The largest absolute Gasteiger partial charge is 0.320 e. The highest BCUT2D eigenvalue weighted by Gasteiger charge is 2.18. The van der Waals surface area contributed by atoms with Crippen molar-refractivity contribution in [3.8, 4) is 0 Å². The van der Waals surface area contributed by atoms with Gasteiger partial charge in [0.15, 0.2) is 0 Å². The fourth-order valence-corrected chi connectivity index (χ4v) is 2.65. The van der Waals surface area contributed by atoms with Crippen LogP contribution in [0, 0.1) is 25.5 Å². The third-order valence-corrected chi connectivity index (χ3v) is 3.66. The number of rotatable bonds is 2. The molecule has 0 fully saturated rings. The SMILES string of the molecule is Cc1cc(F)cc(C)c1C(N)c1ccc(Br)cc1F. The third-order valence-electron chi connectivity index (χ3n) is 3.17. The van der Waals surface area contributed by atoms with E-state index in [1.54, 1.807) is 26.0 Å². The van der Waals surface area contributed by atoms with Gasteiger partial charge in [-0.25, -0.2) is 8.78 Å². The van der Waals surface area contributed by atoms with Gasteiger partial charge in [-0.05, 0) is 54.8 Å². The smallest absolute Gasteiger partial charge is 0.129 e. The van der Waals surface area contributed by atoms with Gasteiger partial charge in [0.2, 0.25) is 0 Å². The Hall–Kier alpha value is -1.26. The molecule has 0 aliphatic heterocycles. The van der Waals surface area contributed by atoms with Crippen LogP contribution in [0.1, 0.15) is 28.3 Å². The van der Waals surface area contributed by atoms with E-state index in [0.29, 0.717) is 10.0 Å². The molecule has 2 rings (SSSR count). The van der Waals surface area contributed by atoms with Crippen LogP contribution in [0.4, 0.5) is 8.78 Å². The van der Waals surface area contributed by atoms with Crippen molar-refractivity contribution in [3.63, 3.8) is 0 Å². The minimum Gasteiger partial charge on any atom is -0.320 e. The normalized spacial score (nSPS) is 12.5. The lowest BCUT2D eigenvalue weighted by atomic mass is 9.91. The van der Waals surface area contributed by atoms with Crippen molar-refractivity contribution in [2.75, 3.05) is 0 Å².